The third-order valence-electron chi connectivity index (χ3n) is 4.62. The molecule has 1 saturated heterocycles. The summed E-state index contributed by atoms with van der Waals surface area (Å²) < 4.78 is 5.80. The largest absolute Gasteiger partial charge is 0.488 e. The van der Waals surface area contributed by atoms with Crippen LogP contribution in [0.25, 0.3) is 0 Å². The number of benzene rings is 1. The molecular weight excluding hydrogens is 350 g/mol. The molecule has 0 bridgehead atoms. The predicted octanol–water partition coefficient (Wildman–Crippen LogP) is 4.19. The Kier molecular flexibility index (Phi) is 6.28. The van der Waals surface area contributed by atoms with Crippen molar-refractivity contribution in [3.63, 3.8) is 0 Å². The fourth-order valence-electron chi connectivity index (χ4n) is 3.29. The normalized spacial score (nSPS) is 17.1. The van der Waals surface area contributed by atoms with E-state index in [-0.39, 0.29) is 18.4 Å². The van der Waals surface area contributed by atoms with Crippen LogP contribution in [0.4, 0.5) is 0 Å². The Morgan fingerprint density at radius 1 is 1.23 bits per heavy atom. The Labute approximate surface area is 157 Å². The monoisotopic (exact) mass is 373 g/mol. The number of piperidine rings is 1. The lowest BCUT2D eigenvalue weighted by Crippen LogP contribution is -2.44. The Hall–Kier alpha value is -2.34. The van der Waals surface area contributed by atoms with E-state index in [2.05, 4.69) is 0 Å². The van der Waals surface area contributed by atoms with Crippen LogP contribution in [0.5, 0.6) is 5.75 Å². The Balaban J connectivity index is 1.67. The van der Waals surface area contributed by atoms with Gasteiger partial charge < -0.3 is 14.7 Å². The maximum atomic E-state index is 13.0. The smallest absolute Gasteiger partial charge is 0.303 e. The van der Waals surface area contributed by atoms with E-state index in [0.29, 0.717) is 30.9 Å². The highest BCUT2D eigenvalue weighted by Crippen LogP contribution is 2.25. The van der Waals surface area contributed by atoms with Crippen LogP contribution >= 0.6 is 11.3 Å². The molecule has 1 aromatic carbocycles. The number of aliphatic carboxylic acids is 1. The van der Waals surface area contributed by atoms with Crippen molar-refractivity contribution in [1.82, 2.24) is 4.90 Å². The molecule has 5 nitrogen and oxygen atoms in total. The summed E-state index contributed by atoms with van der Waals surface area (Å²) in [6.45, 7) is 1.17. The Morgan fingerprint density at radius 3 is 2.88 bits per heavy atom. The molecule has 2 aromatic rings. The highest BCUT2D eigenvalue weighted by atomic mass is 32.1. The minimum Gasteiger partial charge on any atom is -0.488 e. The van der Waals surface area contributed by atoms with Crippen molar-refractivity contribution in [3.8, 4) is 5.75 Å². The average molecular weight is 373 g/mol. The van der Waals surface area contributed by atoms with E-state index in [1.165, 1.54) is 0 Å². The molecular formula is C20H23NO4S. The number of hydrogen-bond donors (Lipinski definition) is 1. The molecule has 1 atom stereocenters. The van der Waals surface area contributed by atoms with Crippen LogP contribution < -0.4 is 4.74 Å². The third kappa shape index (κ3) is 4.85. The van der Waals surface area contributed by atoms with E-state index >= 15 is 0 Å². The van der Waals surface area contributed by atoms with Crippen LogP contribution in [-0.2, 0) is 11.4 Å². The molecule has 1 aromatic heterocycles. The van der Waals surface area contributed by atoms with Crippen molar-refractivity contribution >= 4 is 23.2 Å². The molecule has 0 saturated carbocycles. The quantitative estimate of drug-likeness (QED) is 0.790. The van der Waals surface area contributed by atoms with Gasteiger partial charge in [-0.3, -0.25) is 9.59 Å². The number of thiophene rings is 1. The van der Waals surface area contributed by atoms with Crippen molar-refractivity contribution < 1.29 is 19.4 Å². The van der Waals surface area contributed by atoms with Gasteiger partial charge in [0, 0.05) is 29.4 Å². The summed E-state index contributed by atoms with van der Waals surface area (Å²) in [6.07, 6.45) is 3.48. The van der Waals surface area contributed by atoms with Gasteiger partial charge in [0.15, 0.2) is 0 Å². The number of likely N-dealkylation sites (tertiary alicyclic amines) is 1. The molecule has 1 unspecified atom stereocenters. The van der Waals surface area contributed by atoms with Gasteiger partial charge in [-0.05, 0) is 55.3 Å². The molecule has 0 aliphatic carbocycles. The summed E-state index contributed by atoms with van der Waals surface area (Å²) >= 11 is 1.64. The maximum absolute atomic E-state index is 13.0. The van der Waals surface area contributed by atoms with Crippen molar-refractivity contribution in [2.24, 2.45) is 0 Å². The molecule has 1 aliphatic rings. The molecule has 138 valence electrons. The van der Waals surface area contributed by atoms with Crippen LogP contribution in [0, 0.1) is 0 Å². The predicted molar refractivity (Wildman–Crippen MR) is 101 cm³/mol. The van der Waals surface area contributed by atoms with Crippen molar-refractivity contribution in [2.45, 2.75) is 44.8 Å². The molecule has 6 heteroatoms. The molecule has 1 aliphatic heterocycles. The zero-order valence-corrected chi connectivity index (χ0v) is 15.4. The Bertz CT molecular complexity index is 744. The number of nitrogens with zero attached hydrogens (tertiary/aromatic N) is 1. The first-order valence-electron chi connectivity index (χ1n) is 8.91. The van der Waals surface area contributed by atoms with Crippen molar-refractivity contribution in [3.05, 3.63) is 52.2 Å². The summed E-state index contributed by atoms with van der Waals surface area (Å²) in [5.41, 5.74) is 0.593. The van der Waals surface area contributed by atoms with Crippen molar-refractivity contribution in [2.75, 3.05) is 6.54 Å². The van der Waals surface area contributed by atoms with E-state index in [1.54, 1.807) is 23.5 Å². The van der Waals surface area contributed by atoms with Gasteiger partial charge in [-0.15, -0.1) is 11.3 Å². The lowest BCUT2D eigenvalue weighted by atomic mass is 9.97. The third-order valence-corrected chi connectivity index (χ3v) is 5.47. The Morgan fingerprint density at radius 2 is 2.12 bits per heavy atom. The van der Waals surface area contributed by atoms with Crippen molar-refractivity contribution in [1.29, 1.82) is 0 Å². The standard InChI is InChI=1S/C20H23NO4S/c22-19(23)10-9-16-6-1-2-11-21(16)20(24)15-5-3-7-17(13-15)25-14-18-8-4-12-26-18/h3-5,7-8,12-13,16H,1-2,6,9-11,14H2,(H,22,23). The number of hydrogen-bond acceptors (Lipinski definition) is 4. The minimum atomic E-state index is -0.813. The summed E-state index contributed by atoms with van der Waals surface area (Å²) in [7, 11) is 0. The van der Waals surface area contributed by atoms with E-state index in [1.807, 2.05) is 34.5 Å². The molecule has 2 heterocycles. The van der Waals surface area contributed by atoms with Crippen LogP contribution in [0.15, 0.2) is 41.8 Å². The van der Waals surface area contributed by atoms with Gasteiger partial charge in [0.1, 0.15) is 12.4 Å². The highest BCUT2D eigenvalue weighted by molar-refractivity contribution is 7.09. The second kappa shape index (κ2) is 8.85. The van der Waals surface area contributed by atoms with Gasteiger partial charge >= 0.3 is 5.97 Å². The number of carbonyl (C=O) groups is 2. The van der Waals surface area contributed by atoms with Gasteiger partial charge in [0.25, 0.3) is 5.91 Å². The number of carboxylic acids is 1. The number of carboxylic acid groups (broad SMARTS) is 1. The van der Waals surface area contributed by atoms with Gasteiger partial charge in [-0.25, -0.2) is 0 Å². The first-order chi connectivity index (χ1) is 12.6. The lowest BCUT2D eigenvalue weighted by Gasteiger charge is -2.35. The van der Waals surface area contributed by atoms with E-state index < -0.39 is 5.97 Å². The van der Waals surface area contributed by atoms with Gasteiger partial charge in [-0.2, -0.15) is 0 Å². The fraction of sp³-hybridized carbons (Fsp3) is 0.400. The second-order valence-corrected chi connectivity index (χ2v) is 7.51. The van der Waals surface area contributed by atoms with Crippen LogP contribution in [0.1, 0.15) is 47.3 Å². The minimum absolute atomic E-state index is 0.00282. The van der Waals surface area contributed by atoms with Gasteiger partial charge in [0.05, 0.1) is 0 Å². The van der Waals surface area contributed by atoms with E-state index in [0.717, 1.165) is 24.1 Å². The fourth-order valence-corrected chi connectivity index (χ4v) is 3.91. The molecule has 0 spiro atoms. The zero-order valence-electron chi connectivity index (χ0n) is 14.6. The summed E-state index contributed by atoms with van der Waals surface area (Å²) in [5.74, 6) is -0.183. The number of rotatable bonds is 7. The SMILES string of the molecule is O=C(O)CCC1CCCCN1C(=O)c1cccc(OCc2cccs2)c1. The first kappa shape index (κ1) is 18.5. The second-order valence-electron chi connectivity index (χ2n) is 6.48. The molecule has 1 amide bonds. The summed E-state index contributed by atoms with van der Waals surface area (Å²) in [4.78, 5) is 26.8. The molecule has 1 fully saturated rings. The number of carbonyl (C=O) groups excluding carboxylic acids is 1. The maximum Gasteiger partial charge on any atom is 0.303 e. The topological polar surface area (TPSA) is 66.8 Å². The van der Waals surface area contributed by atoms with Gasteiger partial charge in [-0.1, -0.05) is 12.1 Å². The first-order valence-corrected chi connectivity index (χ1v) is 9.79. The highest BCUT2D eigenvalue weighted by Gasteiger charge is 2.27. The molecule has 0 radical (unpaired) electrons. The lowest BCUT2D eigenvalue weighted by molar-refractivity contribution is -0.137. The number of ether oxygens (including phenoxy) is 1. The molecule has 3 rings (SSSR count). The average Bonchev–Trinajstić information content (AvgIpc) is 3.18. The molecule has 26 heavy (non-hydrogen) atoms. The van der Waals surface area contributed by atoms with Crippen LogP contribution in [0.2, 0.25) is 0 Å². The molecule has 1 N–H and O–H groups in total. The zero-order chi connectivity index (χ0) is 18.4. The van der Waals surface area contributed by atoms with Gasteiger partial charge in [0.2, 0.25) is 0 Å². The number of amides is 1. The summed E-state index contributed by atoms with van der Waals surface area (Å²) in [6, 6.07) is 11.2. The summed E-state index contributed by atoms with van der Waals surface area (Å²) in [5, 5.41) is 10.9. The van der Waals surface area contributed by atoms with Crippen LogP contribution in [-0.4, -0.2) is 34.5 Å². The van der Waals surface area contributed by atoms with E-state index in [9.17, 15) is 9.59 Å². The van der Waals surface area contributed by atoms with E-state index in [4.69, 9.17) is 9.84 Å². The van der Waals surface area contributed by atoms with Crippen LogP contribution in [0.3, 0.4) is 0 Å².